The summed E-state index contributed by atoms with van der Waals surface area (Å²) in [7, 11) is 0. The summed E-state index contributed by atoms with van der Waals surface area (Å²) in [4.78, 5) is 0. The number of hydrogen-bond donors (Lipinski definition) is 0. The van der Waals surface area contributed by atoms with Crippen LogP contribution >= 0.6 is 0 Å². The van der Waals surface area contributed by atoms with E-state index in [1.165, 1.54) is 6.07 Å². The summed E-state index contributed by atoms with van der Waals surface area (Å²) in [6.07, 6.45) is 8.17. The molecule has 1 heterocycles. The lowest BCUT2D eigenvalue weighted by atomic mass is 9.78. The number of benzene rings is 1. The van der Waals surface area contributed by atoms with E-state index in [0.29, 0.717) is 17.8 Å². The molecule has 1 aliphatic carbocycles. The van der Waals surface area contributed by atoms with Crippen molar-refractivity contribution in [3.63, 3.8) is 0 Å². The molecular formula is C20H24FNO2. The van der Waals surface area contributed by atoms with Gasteiger partial charge in [-0.25, -0.2) is 4.39 Å². The summed E-state index contributed by atoms with van der Waals surface area (Å²) < 4.78 is 25.6. The van der Waals surface area contributed by atoms with Crippen LogP contribution in [0.5, 0.6) is 0 Å². The first-order valence-corrected chi connectivity index (χ1v) is 8.76. The molecule has 24 heavy (non-hydrogen) atoms. The molecule has 2 fully saturated rings. The third-order valence-electron chi connectivity index (χ3n) is 5.16. The van der Waals surface area contributed by atoms with E-state index in [0.717, 1.165) is 44.5 Å². The molecule has 3 nitrogen and oxygen atoms in total. The van der Waals surface area contributed by atoms with Crippen LogP contribution in [-0.4, -0.2) is 19.5 Å². The molecule has 1 aliphatic heterocycles. The van der Waals surface area contributed by atoms with Crippen molar-refractivity contribution in [1.82, 2.24) is 0 Å². The van der Waals surface area contributed by atoms with Crippen molar-refractivity contribution in [2.45, 2.75) is 44.8 Å². The Balaban J connectivity index is 1.53. The van der Waals surface area contributed by atoms with Gasteiger partial charge in [0, 0.05) is 11.8 Å². The first kappa shape index (κ1) is 17.1. The molecule has 0 spiro atoms. The Morgan fingerprint density at radius 2 is 1.88 bits per heavy atom. The second-order valence-corrected chi connectivity index (χ2v) is 6.78. The zero-order valence-electron chi connectivity index (χ0n) is 14.1. The van der Waals surface area contributed by atoms with E-state index in [-0.39, 0.29) is 11.9 Å². The molecule has 4 heteroatoms. The first-order chi connectivity index (χ1) is 11.7. The van der Waals surface area contributed by atoms with Crippen LogP contribution in [0.25, 0.3) is 0 Å². The summed E-state index contributed by atoms with van der Waals surface area (Å²) in [6, 6.07) is 6.88. The monoisotopic (exact) mass is 329 g/mol. The quantitative estimate of drug-likeness (QED) is 0.765. The van der Waals surface area contributed by atoms with Gasteiger partial charge in [-0.3, -0.25) is 0 Å². The predicted octanol–water partition coefficient (Wildman–Crippen LogP) is 4.54. The van der Waals surface area contributed by atoms with Crippen LogP contribution in [0.3, 0.4) is 0 Å². The normalized spacial score (nSPS) is 31.0. The molecule has 0 N–H and O–H groups in total. The summed E-state index contributed by atoms with van der Waals surface area (Å²) in [5.41, 5.74) is 1.12. The van der Waals surface area contributed by atoms with E-state index in [2.05, 4.69) is 6.08 Å². The van der Waals surface area contributed by atoms with Crippen LogP contribution in [0, 0.1) is 29.0 Å². The van der Waals surface area contributed by atoms with E-state index < -0.39 is 5.82 Å². The molecule has 1 aromatic rings. The van der Waals surface area contributed by atoms with Gasteiger partial charge in [0.1, 0.15) is 11.9 Å². The molecule has 3 rings (SSSR count). The van der Waals surface area contributed by atoms with Crippen LogP contribution in [0.4, 0.5) is 4.39 Å². The number of allylic oxidation sites excluding steroid dienone is 1. The SMILES string of the molecule is CC=CC1COC(C2CCC(c3ccc(C#N)c(F)c3)CC2)OC1. The van der Waals surface area contributed by atoms with Gasteiger partial charge >= 0.3 is 0 Å². The lowest BCUT2D eigenvalue weighted by Crippen LogP contribution is -2.37. The van der Waals surface area contributed by atoms with Gasteiger partial charge in [-0.05, 0) is 56.2 Å². The Morgan fingerprint density at radius 1 is 1.17 bits per heavy atom. The molecule has 1 aromatic carbocycles. The molecule has 0 radical (unpaired) electrons. The fourth-order valence-electron chi connectivity index (χ4n) is 3.79. The van der Waals surface area contributed by atoms with Crippen LogP contribution in [0.1, 0.15) is 49.7 Å². The second-order valence-electron chi connectivity index (χ2n) is 6.78. The van der Waals surface area contributed by atoms with Gasteiger partial charge in [0.15, 0.2) is 6.29 Å². The average Bonchev–Trinajstić information content (AvgIpc) is 2.63. The van der Waals surface area contributed by atoms with Crippen molar-refractivity contribution >= 4 is 0 Å². The number of halogens is 1. The highest BCUT2D eigenvalue weighted by Gasteiger charge is 2.32. The molecule has 0 aromatic heterocycles. The Hall–Kier alpha value is -1.70. The molecule has 0 bridgehead atoms. The van der Waals surface area contributed by atoms with Crippen LogP contribution in [0.2, 0.25) is 0 Å². The molecule has 1 saturated carbocycles. The Bertz CT molecular complexity index is 621. The summed E-state index contributed by atoms with van der Waals surface area (Å²) in [6.45, 7) is 3.48. The maximum atomic E-state index is 13.8. The van der Waals surface area contributed by atoms with Crippen LogP contribution in [0.15, 0.2) is 30.4 Å². The Kier molecular flexibility index (Phi) is 5.65. The summed E-state index contributed by atoms with van der Waals surface area (Å²) in [5, 5.41) is 8.83. The van der Waals surface area contributed by atoms with Gasteiger partial charge in [0.25, 0.3) is 0 Å². The first-order valence-electron chi connectivity index (χ1n) is 8.76. The Labute approximate surface area is 143 Å². The molecule has 128 valence electrons. The van der Waals surface area contributed by atoms with Crippen molar-refractivity contribution in [2.75, 3.05) is 13.2 Å². The van der Waals surface area contributed by atoms with Crippen molar-refractivity contribution < 1.29 is 13.9 Å². The van der Waals surface area contributed by atoms with Crippen molar-refractivity contribution in [2.24, 2.45) is 11.8 Å². The summed E-state index contributed by atoms with van der Waals surface area (Å²) in [5.74, 6) is 0.745. The molecule has 0 unspecified atom stereocenters. The molecule has 1 saturated heterocycles. The largest absolute Gasteiger partial charge is 0.352 e. The fourth-order valence-corrected chi connectivity index (χ4v) is 3.79. The second kappa shape index (κ2) is 7.92. The lowest BCUT2D eigenvalue weighted by Gasteiger charge is -2.37. The van der Waals surface area contributed by atoms with Crippen molar-refractivity contribution in [1.29, 1.82) is 5.26 Å². The van der Waals surface area contributed by atoms with Gasteiger partial charge in [0.05, 0.1) is 18.8 Å². The minimum atomic E-state index is -0.411. The van der Waals surface area contributed by atoms with E-state index in [9.17, 15) is 4.39 Å². The third kappa shape index (κ3) is 3.85. The summed E-state index contributed by atoms with van der Waals surface area (Å²) >= 11 is 0. The highest BCUT2D eigenvalue weighted by Crippen LogP contribution is 2.39. The minimum Gasteiger partial charge on any atom is -0.352 e. The third-order valence-corrected chi connectivity index (χ3v) is 5.16. The fraction of sp³-hybridized carbons (Fsp3) is 0.550. The van der Waals surface area contributed by atoms with Gasteiger partial charge in [-0.15, -0.1) is 0 Å². The molecule has 0 atom stereocenters. The zero-order valence-corrected chi connectivity index (χ0v) is 14.1. The highest BCUT2D eigenvalue weighted by atomic mass is 19.1. The number of hydrogen-bond acceptors (Lipinski definition) is 3. The highest BCUT2D eigenvalue weighted by molar-refractivity contribution is 5.34. The number of nitrogens with zero attached hydrogens (tertiary/aromatic N) is 1. The lowest BCUT2D eigenvalue weighted by molar-refractivity contribution is -0.222. The minimum absolute atomic E-state index is 0.0924. The number of nitriles is 1. The number of rotatable bonds is 3. The topological polar surface area (TPSA) is 42.2 Å². The molecular weight excluding hydrogens is 305 g/mol. The van der Waals surface area contributed by atoms with E-state index in [4.69, 9.17) is 14.7 Å². The standard InChI is InChI=1S/C20H24FNO2/c1-2-3-14-12-23-20(24-13-14)16-6-4-15(5-7-16)17-8-9-18(11-22)19(21)10-17/h2-3,8-10,14-16,20H,4-7,12-13H2,1H3. The van der Waals surface area contributed by atoms with E-state index in [1.54, 1.807) is 6.07 Å². The maximum Gasteiger partial charge on any atom is 0.160 e. The van der Waals surface area contributed by atoms with Gasteiger partial charge < -0.3 is 9.47 Å². The average molecular weight is 329 g/mol. The Morgan fingerprint density at radius 3 is 2.46 bits per heavy atom. The van der Waals surface area contributed by atoms with Gasteiger partial charge in [0.2, 0.25) is 0 Å². The van der Waals surface area contributed by atoms with E-state index >= 15 is 0 Å². The van der Waals surface area contributed by atoms with Crippen LogP contribution < -0.4 is 0 Å². The predicted molar refractivity (Wildman–Crippen MR) is 89.8 cm³/mol. The van der Waals surface area contributed by atoms with Gasteiger partial charge in [-0.2, -0.15) is 5.26 Å². The van der Waals surface area contributed by atoms with Gasteiger partial charge in [-0.1, -0.05) is 18.2 Å². The van der Waals surface area contributed by atoms with E-state index in [1.807, 2.05) is 25.1 Å². The molecule has 0 amide bonds. The van der Waals surface area contributed by atoms with Crippen molar-refractivity contribution in [3.8, 4) is 6.07 Å². The van der Waals surface area contributed by atoms with Crippen molar-refractivity contribution in [3.05, 3.63) is 47.3 Å². The zero-order chi connectivity index (χ0) is 16.9. The molecule has 2 aliphatic rings. The smallest absolute Gasteiger partial charge is 0.160 e. The maximum absolute atomic E-state index is 13.8. The number of ether oxygens (including phenoxy) is 2. The van der Waals surface area contributed by atoms with Crippen LogP contribution in [-0.2, 0) is 9.47 Å².